The van der Waals surface area contributed by atoms with Crippen LogP contribution in [0.5, 0.6) is 0 Å². The van der Waals surface area contributed by atoms with E-state index < -0.39 is 0 Å². The minimum Gasteiger partial charge on any atom is -0.376 e. The van der Waals surface area contributed by atoms with Crippen molar-refractivity contribution in [2.45, 2.75) is 25.8 Å². The van der Waals surface area contributed by atoms with Crippen molar-refractivity contribution >= 4 is 22.3 Å². The Hall–Kier alpha value is -2.17. The Bertz CT molecular complexity index is 638. The molecular weight excluding hydrogens is 242 g/mol. The number of benzene rings is 1. The molecule has 1 unspecified atom stereocenters. The molecule has 1 heterocycles. The second-order valence-electron chi connectivity index (χ2n) is 5.06. The first-order valence-electron chi connectivity index (χ1n) is 6.45. The number of fused-ring (bicyclic) bond motifs is 1. The summed E-state index contributed by atoms with van der Waals surface area (Å²) in [6.07, 6.45) is 3.74. The summed E-state index contributed by atoms with van der Waals surface area (Å²) >= 11 is 0. The number of para-hydroxylation sites is 1. The summed E-state index contributed by atoms with van der Waals surface area (Å²) in [5.41, 5.74) is 1.42. The molecule has 0 spiro atoms. The maximum Gasteiger partial charge on any atom is 0.311 e. The third-order valence-corrected chi connectivity index (χ3v) is 3.65. The molecule has 5 heteroatoms. The highest BCUT2D eigenvalue weighted by molar-refractivity contribution is 5.95. The molecule has 98 valence electrons. The van der Waals surface area contributed by atoms with Gasteiger partial charge in [-0.2, -0.15) is 0 Å². The van der Waals surface area contributed by atoms with Crippen molar-refractivity contribution in [3.05, 3.63) is 40.6 Å². The summed E-state index contributed by atoms with van der Waals surface area (Å²) < 4.78 is 0. The fourth-order valence-electron chi connectivity index (χ4n) is 2.36. The highest BCUT2D eigenvalue weighted by atomic mass is 16.6. The molecule has 19 heavy (non-hydrogen) atoms. The van der Waals surface area contributed by atoms with Crippen LogP contribution >= 0.6 is 0 Å². The van der Waals surface area contributed by atoms with E-state index in [4.69, 9.17) is 0 Å². The molecule has 1 aromatic carbocycles. The van der Waals surface area contributed by atoms with Gasteiger partial charge >= 0.3 is 5.69 Å². The topological polar surface area (TPSA) is 68.1 Å². The molecule has 0 amide bonds. The Labute approximate surface area is 110 Å². The first kappa shape index (κ1) is 11.9. The molecule has 5 nitrogen and oxygen atoms in total. The number of rotatable bonds is 4. The van der Waals surface area contributed by atoms with Gasteiger partial charge in [0, 0.05) is 11.4 Å². The van der Waals surface area contributed by atoms with Gasteiger partial charge in [0.15, 0.2) is 0 Å². The van der Waals surface area contributed by atoms with Crippen molar-refractivity contribution in [3.63, 3.8) is 0 Å². The van der Waals surface area contributed by atoms with Crippen LogP contribution in [-0.4, -0.2) is 15.9 Å². The van der Waals surface area contributed by atoms with Crippen LogP contribution in [0.2, 0.25) is 0 Å². The molecule has 0 aliphatic heterocycles. The molecule has 1 aliphatic rings. The molecule has 1 N–H and O–H groups in total. The Morgan fingerprint density at radius 1 is 1.42 bits per heavy atom. The van der Waals surface area contributed by atoms with E-state index >= 15 is 0 Å². The van der Waals surface area contributed by atoms with E-state index in [1.165, 1.54) is 19.0 Å². The molecule has 0 saturated heterocycles. The second-order valence-corrected chi connectivity index (χ2v) is 5.06. The van der Waals surface area contributed by atoms with E-state index in [2.05, 4.69) is 17.2 Å². The number of pyridine rings is 1. The largest absolute Gasteiger partial charge is 0.376 e. The number of nitrogens with one attached hydrogen (secondary N) is 1. The minimum atomic E-state index is -0.374. The standard InChI is InChI=1S/C14H15N3O2/c1-9(10-6-7-10)16-14-11-4-2-3-5-12(11)15-8-13(14)17(18)19/h2-5,8-10H,6-7H2,1H3,(H,15,16). The summed E-state index contributed by atoms with van der Waals surface area (Å²) in [5, 5.41) is 15.3. The smallest absolute Gasteiger partial charge is 0.311 e. The number of hydrogen-bond acceptors (Lipinski definition) is 4. The SMILES string of the molecule is CC(Nc1c([N+](=O)[O-])cnc2ccccc12)C1CC1. The predicted molar refractivity (Wildman–Crippen MR) is 74.2 cm³/mol. The van der Waals surface area contributed by atoms with Crippen LogP contribution in [0, 0.1) is 16.0 Å². The van der Waals surface area contributed by atoms with Crippen molar-refractivity contribution in [1.29, 1.82) is 0 Å². The van der Waals surface area contributed by atoms with Gasteiger partial charge in [0.25, 0.3) is 0 Å². The van der Waals surface area contributed by atoms with Crippen LogP contribution in [0.1, 0.15) is 19.8 Å². The fourth-order valence-corrected chi connectivity index (χ4v) is 2.36. The average Bonchev–Trinajstić information content (AvgIpc) is 3.23. The van der Waals surface area contributed by atoms with Crippen LogP contribution in [0.25, 0.3) is 10.9 Å². The maximum atomic E-state index is 11.2. The average molecular weight is 257 g/mol. The highest BCUT2D eigenvalue weighted by Crippen LogP contribution is 2.37. The third kappa shape index (κ3) is 2.23. The van der Waals surface area contributed by atoms with Gasteiger partial charge in [-0.3, -0.25) is 10.1 Å². The number of nitrogens with zero attached hydrogens (tertiary/aromatic N) is 2. The molecule has 1 atom stereocenters. The van der Waals surface area contributed by atoms with E-state index in [9.17, 15) is 10.1 Å². The van der Waals surface area contributed by atoms with Crippen LogP contribution in [0.15, 0.2) is 30.5 Å². The zero-order valence-electron chi connectivity index (χ0n) is 10.7. The molecule has 1 saturated carbocycles. The number of aromatic nitrogens is 1. The van der Waals surface area contributed by atoms with E-state index in [1.807, 2.05) is 24.3 Å². The number of hydrogen-bond donors (Lipinski definition) is 1. The Kier molecular flexibility index (Phi) is 2.81. The fraction of sp³-hybridized carbons (Fsp3) is 0.357. The second kappa shape index (κ2) is 4.50. The van der Waals surface area contributed by atoms with Crippen molar-refractivity contribution in [2.24, 2.45) is 5.92 Å². The lowest BCUT2D eigenvalue weighted by atomic mass is 10.1. The molecule has 3 rings (SSSR count). The zero-order chi connectivity index (χ0) is 13.4. The Morgan fingerprint density at radius 2 is 2.16 bits per heavy atom. The van der Waals surface area contributed by atoms with Gasteiger partial charge in [-0.1, -0.05) is 18.2 Å². The van der Waals surface area contributed by atoms with E-state index in [1.54, 1.807) is 0 Å². The number of anilines is 1. The summed E-state index contributed by atoms with van der Waals surface area (Å²) in [6.45, 7) is 2.08. The van der Waals surface area contributed by atoms with Crippen molar-refractivity contribution in [3.8, 4) is 0 Å². The summed E-state index contributed by atoms with van der Waals surface area (Å²) in [5.74, 6) is 0.631. The van der Waals surface area contributed by atoms with Gasteiger partial charge in [0.1, 0.15) is 11.9 Å². The first-order chi connectivity index (χ1) is 9.16. The lowest BCUT2D eigenvalue weighted by molar-refractivity contribution is -0.384. The Morgan fingerprint density at radius 3 is 2.84 bits per heavy atom. The zero-order valence-corrected chi connectivity index (χ0v) is 10.7. The molecule has 2 aromatic rings. The molecule has 1 aliphatic carbocycles. The molecular formula is C14H15N3O2. The predicted octanol–water partition coefficient (Wildman–Crippen LogP) is 3.35. The van der Waals surface area contributed by atoms with Crippen molar-refractivity contribution < 1.29 is 4.92 Å². The lowest BCUT2D eigenvalue weighted by Gasteiger charge is -2.16. The normalized spacial score (nSPS) is 16.3. The van der Waals surface area contributed by atoms with Gasteiger partial charge in [-0.25, -0.2) is 4.98 Å². The van der Waals surface area contributed by atoms with Crippen LogP contribution in [0.3, 0.4) is 0 Å². The highest BCUT2D eigenvalue weighted by Gasteiger charge is 2.30. The quantitative estimate of drug-likeness (QED) is 0.673. The summed E-state index contributed by atoms with van der Waals surface area (Å²) in [7, 11) is 0. The van der Waals surface area contributed by atoms with Crippen LogP contribution < -0.4 is 5.32 Å². The summed E-state index contributed by atoms with van der Waals surface area (Å²) in [6, 6.07) is 7.75. The van der Waals surface area contributed by atoms with Crippen LogP contribution in [0.4, 0.5) is 11.4 Å². The monoisotopic (exact) mass is 257 g/mol. The lowest BCUT2D eigenvalue weighted by Crippen LogP contribution is -2.18. The van der Waals surface area contributed by atoms with Gasteiger partial charge < -0.3 is 5.32 Å². The van der Waals surface area contributed by atoms with E-state index in [-0.39, 0.29) is 16.7 Å². The maximum absolute atomic E-state index is 11.2. The molecule has 0 radical (unpaired) electrons. The summed E-state index contributed by atoms with van der Waals surface area (Å²) in [4.78, 5) is 14.9. The number of nitro groups is 1. The Balaban J connectivity index is 2.10. The van der Waals surface area contributed by atoms with Gasteiger partial charge in [-0.15, -0.1) is 0 Å². The minimum absolute atomic E-state index is 0.0474. The van der Waals surface area contributed by atoms with E-state index in [0.717, 1.165) is 10.9 Å². The van der Waals surface area contributed by atoms with Gasteiger partial charge in [0.2, 0.25) is 0 Å². The van der Waals surface area contributed by atoms with Crippen molar-refractivity contribution in [2.75, 3.05) is 5.32 Å². The molecule has 0 bridgehead atoms. The van der Waals surface area contributed by atoms with Gasteiger partial charge in [-0.05, 0) is 31.7 Å². The third-order valence-electron chi connectivity index (χ3n) is 3.65. The van der Waals surface area contributed by atoms with Gasteiger partial charge in [0.05, 0.1) is 10.4 Å². The first-order valence-corrected chi connectivity index (χ1v) is 6.45. The van der Waals surface area contributed by atoms with Crippen LogP contribution in [-0.2, 0) is 0 Å². The molecule has 1 aromatic heterocycles. The van der Waals surface area contributed by atoms with Crippen molar-refractivity contribution in [1.82, 2.24) is 4.98 Å². The molecule has 1 fully saturated rings. The van der Waals surface area contributed by atoms with E-state index in [0.29, 0.717) is 11.6 Å².